The van der Waals surface area contributed by atoms with Gasteiger partial charge in [-0.05, 0) is 30.7 Å². The number of benzene rings is 1. The van der Waals surface area contributed by atoms with Crippen molar-refractivity contribution in [2.24, 2.45) is 5.41 Å². The van der Waals surface area contributed by atoms with E-state index in [1.807, 2.05) is 20.8 Å². The normalized spacial score (nSPS) is 11.3. The lowest BCUT2D eigenvalue weighted by Gasteiger charge is -2.18. The van der Waals surface area contributed by atoms with E-state index in [4.69, 9.17) is 0 Å². The van der Waals surface area contributed by atoms with Crippen molar-refractivity contribution in [3.8, 4) is 0 Å². The summed E-state index contributed by atoms with van der Waals surface area (Å²) >= 11 is 0. The van der Waals surface area contributed by atoms with Gasteiger partial charge >= 0.3 is 0 Å². The van der Waals surface area contributed by atoms with Crippen LogP contribution in [0, 0.1) is 18.2 Å². The van der Waals surface area contributed by atoms with E-state index in [2.05, 4.69) is 5.32 Å². The summed E-state index contributed by atoms with van der Waals surface area (Å²) in [7, 11) is 0. The molecule has 0 atom stereocenters. The Morgan fingerprint density at radius 3 is 2.40 bits per heavy atom. The zero-order valence-electron chi connectivity index (χ0n) is 9.52. The zero-order valence-corrected chi connectivity index (χ0v) is 9.52. The van der Waals surface area contributed by atoms with Gasteiger partial charge in [0.05, 0.1) is 0 Å². The van der Waals surface area contributed by atoms with Crippen molar-refractivity contribution in [3.05, 3.63) is 29.6 Å². The van der Waals surface area contributed by atoms with Crippen LogP contribution in [-0.2, 0) is 4.79 Å². The van der Waals surface area contributed by atoms with Crippen molar-refractivity contribution in [3.63, 3.8) is 0 Å². The van der Waals surface area contributed by atoms with Crippen LogP contribution in [0.1, 0.15) is 26.3 Å². The van der Waals surface area contributed by atoms with E-state index in [1.54, 1.807) is 13.0 Å². The monoisotopic (exact) mass is 209 g/mol. The third kappa shape index (κ3) is 3.05. The summed E-state index contributed by atoms with van der Waals surface area (Å²) < 4.78 is 12.8. The number of nitrogens with one attached hydrogen (secondary N) is 1. The number of aryl methyl sites for hydroxylation is 1. The van der Waals surface area contributed by atoms with Crippen LogP contribution in [0.4, 0.5) is 10.1 Å². The number of anilines is 1. The molecular weight excluding hydrogens is 193 g/mol. The SMILES string of the molecule is Cc1cc(F)ccc1NC(=O)C(C)(C)C. The lowest BCUT2D eigenvalue weighted by molar-refractivity contribution is -0.123. The topological polar surface area (TPSA) is 29.1 Å². The van der Waals surface area contributed by atoms with Crippen molar-refractivity contribution >= 4 is 11.6 Å². The largest absolute Gasteiger partial charge is 0.325 e. The van der Waals surface area contributed by atoms with Crippen molar-refractivity contribution < 1.29 is 9.18 Å². The van der Waals surface area contributed by atoms with Crippen LogP contribution >= 0.6 is 0 Å². The van der Waals surface area contributed by atoms with Crippen molar-refractivity contribution in [2.75, 3.05) is 5.32 Å². The standard InChI is InChI=1S/C12H16FNO/c1-8-7-9(13)5-6-10(8)14-11(15)12(2,3)4/h5-7H,1-4H3,(H,14,15). The van der Waals surface area contributed by atoms with Gasteiger partial charge in [-0.15, -0.1) is 0 Å². The fourth-order valence-electron chi connectivity index (χ4n) is 1.08. The van der Waals surface area contributed by atoms with E-state index in [0.29, 0.717) is 5.69 Å². The van der Waals surface area contributed by atoms with Gasteiger partial charge in [-0.25, -0.2) is 4.39 Å². The molecule has 82 valence electrons. The first-order chi connectivity index (χ1) is 6.80. The summed E-state index contributed by atoms with van der Waals surface area (Å²) in [6, 6.07) is 4.32. The molecule has 1 N–H and O–H groups in total. The summed E-state index contributed by atoms with van der Waals surface area (Å²) in [4.78, 5) is 11.7. The quantitative estimate of drug-likeness (QED) is 0.756. The molecule has 0 heterocycles. The van der Waals surface area contributed by atoms with Gasteiger partial charge in [0, 0.05) is 11.1 Å². The molecule has 0 aliphatic carbocycles. The second kappa shape index (κ2) is 4.01. The molecule has 0 aliphatic rings. The minimum Gasteiger partial charge on any atom is -0.325 e. The average Bonchev–Trinajstić information content (AvgIpc) is 2.08. The molecule has 0 spiro atoms. The smallest absolute Gasteiger partial charge is 0.229 e. The van der Waals surface area contributed by atoms with Gasteiger partial charge in [-0.2, -0.15) is 0 Å². The Morgan fingerprint density at radius 1 is 1.33 bits per heavy atom. The number of rotatable bonds is 1. The van der Waals surface area contributed by atoms with Gasteiger partial charge in [-0.1, -0.05) is 20.8 Å². The first kappa shape index (κ1) is 11.7. The van der Waals surface area contributed by atoms with Crippen molar-refractivity contribution in [1.82, 2.24) is 0 Å². The predicted molar refractivity (Wildman–Crippen MR) is 59.2 cm³/mol. The molecule has 0 saturated carbocycles. The van der Waals surface area contributed by atoms with Crippen molar-refractivity contribution in [1.29, 1.82) is 0 Å². The maximum absolute atomic E-state index is 12.8. The molecule has 0 aromatic heterocycles. The maximum atomic E-state index is 12.8. The molecule has 2 nitrogen and oxygen atoms in total. The van der Waals surface area contributed by atoms with Crippen LogP contribution in [0.3, 0.4) is 0 Å². The number of carbonyl (C=O) groups is 1. The Kier molecular flexibility index (Phi) is 3.12. The molecule has 1 aromatic rings. The number of amides is 1. The maximum Gasteiger partial charge on any atom is 0.229 e. The van der Waals surface area contributed by atoms with Gasteiger partial charge in [0.1, 0.15) is 5.82 Å². The Bertz CT molecular complexity index is 380. The van der Waals surface area contributed by atoms with Crippen LogP contribution in [0.5, 0.6) is 0 Å². The summed E-state index contributed by atoms with van der Waals surface area (Å²) in [5.41, 5.74) is 0.949. The fraction of sp³-hybridized carbons (Fsp3) is 0.417. The number of hydrogen-bond donors (Lipinski definition) is 1. The molecule has 0 radical (unpaired) electrons. The summed E-state index contributed by atoms with van der Waals surface area (Å²) in [6.45, 7) is 7.27. The Morgan fingerprint density at radius 2 is 1.93 bits per heavy atom. The zero-order chi connectivity index (χ0) is 11.6. The predicted octanol–water partition coefficient (Wildman–Crippen LogP) is 3.12. The highest BCUT2D eigenvalue weighted by atomic mass is 19.1. The Balaban J connectivity index is 2.87. The minimum atomic E-state index is -0.444. The molecular formula is C12H16FNO. The number of hydrogen-bond acceptors (Lipinski definition) is 1. The second-order valence-corrected chi connectivity index (χ2v) is 4.66. The van der Waals surface area contributed by atoms with Crippen LogP contribution in [0.15, 0.2) is 18.2 Å². The lowest BCUT2D eigenvalue weighted by Crippen LogP contribution is -2.27. The molecule has 1 aromatic carbocycles. The van der Waals surface area contributed by atoms with E-state index >= 15 is 0 Å². The van der Waals surface area contributed by atoms with Gasteiger partial charge in [-0.3, -0.25) is 4.79 Å². The van der Waals surface area contributed by atoms with E-state index in [-0.39, 0.29) is 11.7 Å². The summed E-state index contributed by atoms with van der Waals surface area (Å²) in [5, 5.41) is 2.77. The summed E-state index contributed by atoms with van der Waals surface area (Å²) in [5.74, 6) is -0.363. The first-order valence-electron chi connectivity index (χ1n) is 4.88. The Labute approximate surface area is 89.5 Å². The molecule has 0 bridgehead atoms. The highest BCUT2D eigenvalue weighted by molar-refractivity contribution is 5.95. The van der Waals surface area contributed by atoms with Crippen molar-refractivity contribution in [2.45, 2.75) is 27.7 Å². The molecule has 3 heteroatoms. The first-order valence-corrected chi connectivity index (χ1v) is 4.88. The second-order valence-electron chi connectivity index (χ2n) is 4.66. The highest BCUT2D eigenvalue weighted by Crippen LogP contribution is 2.20. The third-order valence-electron chi connectivity index (χ3n) is 2.12. The molecule has 0 unspecified atom stereocenters. The molecule has 0 fully saturated rings. The molecule has 1 rings (SSSR count). The van der Waals surface area contributed by atoms with Crippen LogP contribution < -0.4 is 5.32 Å². The van der Waals surface area contributed by atoms with Crippen LogP contribution in [0.25, 0.3) is 0 Å². The average molecular weight is 209 g/mol. The fourth-order valence-corrected chi connectivity index (χ4v) is 1.08. The highest BCUT2D eigenvalue weighted by Gasteiger charge is 2.21. The number of carbonyl (C=O) groups excluding carboxylic acids is 1. The molecule has 0 saturated heterocycles. The molecule has 15 heavy (non-hydrogen) atoms. The van der Waals surface area contributed by atoms with Gasteiger partial charge in [0.25, 0.3) is 0 Å². The van der Waals surface area contributed by atoms with E-state index < -0.39 is 5.41 Å². The minimum absolute atomic E-state index is 0.0720. The Hall–Kier alpha value is -1.38. The third-order valence-corrected chi connectivity index (χ3v) is 2.12. The van der Waals surface area contributed by atoms with Crippen LogP contribution in [0.2, 0.25) is 0 Å². The van der Waals surface area contributed by atoms with Crippen LogP contribution in [-0.4, -0.2) is 5.91 Å². The summed E-state index contributed by atoms with van der Waals surface area (Å²) in [6.07, 6.45) is 0. The molecule has 0 aliphatic heterocycles. The number of halogens is 1. The molecule has 1 amide bonds. The van der Waals surface area contributed by atoms with Gasteiger partial charge < -0.3 is 5.32 Å². The van der Waals surface area contributed by atoms with Gasteiger partial charge in [0.2, 0.25) is 5.91 Å². The van der Waals surface area contributed by atoms with E-state index in [9.17, 15) is 9.18 Å². The van der Waals surface area contributed by atoms with E-state index in [0.717, 1.165) is 5.56 Å². The van der Waals surface area contributed by atoms with Gasteiger partial charge in [0.15, 0.2) is 0 Å². The lowest BCUT2D eigenvalue weighted by atomic mass is 9.95. The van der Waals surface area contributed by atoms with E-state index in [1.165, 1.54) is 12.1 Å².